The van der Waals surface area contributed by atoms with E-state index in [1.165, 1.54) is 0 Å². The van der Waals surface area contributed by atoms with Gasteiger partial charge in [-0.05, 0) is 48.3 Å². The van der Waals surface area contributed by atoms with E-state index >= 15 is 0 Å². The molecule has 0 radical (unpaired) electrons. The molecule has 0 bridgehead atoms. The van der Waals surface area contributed by atoms with Crippen LogP contribution in [0.25, 0.3) is 0 Å². The summed E-state index contributed by atoms with van der Waals surface area (Å²) < 4.78 is 0. The molecular formula is C26H30N2O3. The van der Waals surface area contributed by atoms with Crippen LogP contribution in [0, 0.1) is 23.7 Å². The van der Waals surface area contributed by atoms with Crippen LogP contribution in [0.5, 0.6) is 0 Å². The zero-order valence-electron chi connectivity index (χ0n) is 17.7. The Kier molecular flexibility index (Phi) is 5.30. The Hall–Kier alpha value is -2.66. The number of hydrogen-bond acceptors (Lipinski definition) is 3. The number of carbonyl (C=O) groups is 2. The van der Waals surface area contributed by atoms with Gasteiger partial charge in [0.05, 0.1) is 0 Å². The van der Waals surface area contributed by atoms with E-state index in [1.807, 2.05) is 65.6 Å². The number of benzene rings is 2. The molecule has 5 nitrogen and oxygen atoms in total. The highest BCUT2D eigenvalue weighted by Gasteiger charge is 2.57. The number of likely N-dealkylation sites (tertiary alicyclic amines) is 1. The van der Waals surface area contributed by atoms with Crippen molar-refractivity contribution >= 4 is 11.8 Å². The van der Waals surface area contributed by atoms with Gasteiger partial charge >= 0.3 is 0 Å². The molecule has 0 spiro atoms. The van der Waals surface area contributed by atoms with Gasteiger partial charge in [-0.3, -0.25) is 9.59 Å². The molecule has 4 atom stereocenters. The molecular weight excluding hydrogens is 388 g/mol. The molecule has 31 heavy (non-hydrogen) atoms. The first-order valence-electron chi connectivity index (χ1n) is 11.5. The van der Waals surface area contributed by atoms with Crippen LogP contribution in [0.15, 0.2) is 60.7 Å². The monoisotopic (exact) mass is 418 g/mol. The van der Waals surface area contributed by atoms with Gasteiger partial charge in [0.2, 0.25) is 0 Å². The predicted octanol–water partition coefficient (Wildman–Crippen LogP) is 3.20. The second-order valence-electron chi connectivity index (χ2n) is 9.39. The average molecular weight is 419 g/mol. The molecule has 2 amide bonds. The molecule has 3 fully saturated rings. The van der Waals surface area contributed by atoms with Gasteiger partial charge < -0.3 is 15.3 Å². The summed E-state index contributed by atoms with van der Waals surface area (Å²) in [6.07, 6.45) is 3.88. The first-order valence-corrected chi connectivity index (χ1v) is 11.5. The van der Waals surface area contributed by atoms with Gasteiger partial charge in [-0.1, -0.05) is 61.4 Å². The Labute approximate surface area is 183 Å². The van der Waals surface area contributed by atoms with Gasteiger partial charge in [0.15, 0.2) is 5.60 Å². The van der Waals surface area contributed by atoms with Gasteiger partial charge in [-0.15, -0.1) is 0 Å². The molecule has 5 rings (SSSR count). The Morgan fingerprint density at radius 3 is 2.13 bits per heavy atom. The lowest BCUT2D eigenvalue weighted by Gasteiger charge is -2.33. The van der Waals surface area contributed by atoms with E-state index in [-0.39, 0.29) is 17.7 Å². The first kappa shape index (κ1) is 20.3. The first-order chi connectivity index (χ1) is 15.1. The van der Waals surface area contributed by atoms with E-state index in [0.717, 1.165) is 44.3 Å². The third-order valence-corrected chi connectivity index (χ3v) is 7.68. The maximum atomic E-state index is 13.2. The van der Waals surface area contributed by atoms with E-state index in [9.17, 15) is 14.7 Å². The van der Waals surface area contributed by atoms with Crippen molar-refractivity contribution in [3.8, 4) is 0 Å². The fourth-order valence-electron chi connectivity index (χ4n) is 5.81. The van der Waals surface area contributed by atoms with E-state index < -0.39 is 5.60 Å². The van der Waals surface area contributed by atoms with Crippen LogP contribution in [0.4, 0.5) is 0 Å². The minimum atomic E-state index is -1.46. The zero-order chi connectivity index (χ0) is 21.4. The molecule has 2 aromatic rings. The number of fused-ring (bicyclic) bond motifs is 1. The standard InChI is InChI=1S/C26H30N2O3/c29-24(18-9-3-1-4-10-18)28-16-22-21(23(22)17-28)15-27-25(30)26(31,20-13-7-8-14-20)19-11-5-2-6-12-19/h1-6,9-12,20-23,31H,7-8,13-17H2,(H,27,30)/t21-,22-,23?,26?/m1/s1. The summed E-state index contributed by atoms with van der Waals surface area (Å²) in [5.74, 6) is 1.08. The molecule has 5 heteroatoms. The highest BCUT2D eigenvalue weighted by Crippen LogP contribution is 2.51. The molecule has 1 saturated heterocycles. The normalized spacial score (nSPS) is 26.9. The van der Waals surface area contributed by atoms with Crippen molar-refractivity contribution in [2.45, 2.75) is 31.3 Å². The summed E-state index contributed by atoms with van der Waals surface area (Å²) in [5, 5.41) is 14.6. The van der Waals surface area contributed by atoms with E-state index in [2.05, 4.69) is 5.32 Å². The minimum Gasteiger partial charge on any atom is -0.375 e. The fourth-order valence-corrected chi connectivity index (χ4v) is 5.81. The van der Waals surface area contributed by atoms with Crippen molar-refractivity contribution in [2.24, 2.45) is 23.7 Å². The maximum absolute atomic E-state index is 13.2. The second kappa shape index (κ2) is 8.12. The number of piperidine rings is 1. The lowest BCUT2D eigenvalue weighted by molar-refractivity contribution is -0.147. The Morgan fingerprint density at radius 2 is 1.52 bits per heavy atom. The van der Waals surface area contributed by atoms with Crippen molar-refractivity contribution < 1.29 is 14.7 Å². The Morgan fingerprint density at radius 1 is 0.935 bits per heavy atom. The van der Waals surface area contributed by atoms with Crippen LogP contribution in [0.2, 0.25) is 0 Å². The number of hydrogen-bond donors (Lipinski definition) is 2. The molecule has 2 aliphatic carbocycles. The third-order valence-electron chi connectivity index (χ3n) is 7.68. The molecule has 2 unspecified atom stereocenters. The van der Waals surface area contributed by atoms with Crippen LogP contribution in [-0.2, 0) is 10.4 Å². The number of rotatable bonds is 6. The average Bonchev–Trinajstić information content (AvgIpc) is 3.22. The number of nitrogens with one attached hydrogen (secondary N) is 1. The summed E-state index contributed by atoms with van der Waals surface area (Å²) in [6.45, 7) is 2.08. The molecule has 1 heterocycles. The second-order valence-corrected chi connectivity index (χ2v) is 9.39. The molecule has 2 saturated carbocycles. The molecule has 3 aliphatic rings. The quantitative estimate of drug-likeness (QED) is 0.757. The largest absolute Gasteiger partial charge is 0.375 e. The van der Waals surface area contributed by atoms with Gasteiger partial charge in [-0.2, -0.15) is 0 Å². The molecule has 2 N–H and O–H groups in total. The van der Waals surface area contributed by atoms with Gasteiger partial charge in [0.1, 0.15) is 0 Å². The van der Waals surface area contributed by atoms with Crippen LogP contribution in [0.3, 0.4) is 0 Å². The van der Waals surface area contributed by atoms with Gasteiger partial charge in [-0.25, -0.2) is 0 Å². The fraction of sp³-hybridized carbons (Fsp3) is 0.462. The third kappa shape index (κ3) is 3.65. The van der Waals surface area contributed by atoms with Crippen LogP contribution < -0.4 is 5.32 Å². The number of carbonyl (C=O) groups excluding carboxylic acids is 2. The topological polar surface area (TPSA) is 69.6 Å². The van der Waals surface area contributed by atoms with Crippen LogP contribution >= 0.6 is 0 Å². The molecule has 1 aliphatic heterocycles. The minimum absolute atomic E-state index is 0.0346. The lowest BCUT2D eigenvalue weighted by atomic mass is 9.79. The zero-order valence-corrected chi connectivity index (χ0v) is 17.7. The number of nitrogens with zero attached hydrogens (tertiary/aromatic N) is 1. The summed E-state index contributed by atoms with van der Waals surface area (Å²) in [7, 11) is 0. The van der Waals surface area contributed by atoms with E-state index in [0.29, 0.717) is 29.9 Å². The number of amides is 2. The highest BCUT2D eigenvalue weighted by molar-refractivity contribution is 5.94. The van der Waals surface area contributed by atoms with Crippen LogP contribution in [-0.4, -0.2) is 41.5 Å². The smallest absolute Gasteiger partial charge is 0.256 e. The lowest BCUT2D eigenvalue weighted by Crippen LogP contribution is -2.49. The molecule has 0 aromatic heterocycles. The molecule has 2 aromatic carbocycles. The van der Waals surface area contributed by atoms with Crippen molar-refractivity contribution in [3.05, 3.63) is 71.8 Å². The SMILES string of the molecule is O=C(c1ccccc1)N1CC2[C@H](CNC(=O)C(O)(c3ccccc3)C3CCCC3)[C@H]2C1. The predicted molar refractivity (Wildman–Crippen MR) is 118 cm³/mol. The van der Waals surface area contributed by atoms with Crippen molar-refractivity contribution in [1.82, 2.24) is 10.2 Å². The summed E-state index contributed by atoms with van der Waals surface area (Å²) in [5.41, 5.74) is -0.0370. The molecule has 162 valence electrons. The van der Waals surface area contributed by atoms with Crippen molar-refractivity contribution in [1.29, 1.82) is 0 Å². The summed E-state index contributed by atoms with van der Waals surface area (Å²) >= 11 is 0. The van der Waals surface area contributed by atoms with E-state index in [1.54, 1.807) is 0 Å². The maximum Gasteiger partial charge on any atom is 0.256 e. The summed E-state index contributed by atoms with van der Waals surface area (Å²) in [4.78, 5) is 27.8. The van der Waals surface area contributed by atoms with Crippen LogP contribution in [0.1, 0.15) is 41.6 Å². The van der Waals surface area contributed by atoms with Crippen molar-refractivity contribution in [2.75, 3.05) is 19.6 Å². The number of aliphatic hydroxyl groups is 1. The van der Waals surface area contributed by atoms with E-state index in [4.69, 9.17) is 0 Å². The van der Waals surface area contributed by atoms with Gasteiger partial charge in [0.25, 0.3) is 11.8 Å². The Balaban J connectivity index is 1.19. The van der Waals surface area contributed by atoms with Crippen molar-refractivity contribution in [3.63, 3.8) is 0 Å². The highest BCUT2D eigenvalue weighted by atomic mass is 16.3. The van der Waals surface area contributed by atoms with Gasteiger partial charge in [0, 0.05) is 31.1 Å². The Bertz CT molecular complexity index is 930. The summed E-state index contributed by atoms with van der Waals surface area (Å²) in [6, 6.07) is 18.8.